The van der Waals surface area contributed by atoms with Gasteiger partial charge in [0.1, 0.15) is 11.5 Å². The number of fused-ring (bicyclic) bond motifs is 1. The molecule has 0 spiro atoms. The molecule has 4 rings (SSSR count). The van der Waals surface area contributed by atoms with Gasteiger partial charge in [-0.1, -0.05) is 18.2 Å². The predicted octanol–water partition coefficient (Wildman–Crippen LogP) is 4.36. The molecule has 0 saturated heterocycles. The van der Waals surface area contributed by atoms with Crippen molar-refractivity contribution < 1.29 is 9.18 Å². The lowest BCUT2D eigenvalue weighted by Gasteiger charge is -2.12. The Bertz CT molecular complexity index is 1130. The third-order valence-corrected chi connectivity index (χ3v) is 4.25. The summed E-state index contributed by atoms with van der Waals surface area (Å²) in [5, 5.41) is 7.76. The number of nitrogens with zero attached hydrogens (tertiary/aromatic N) is 2. The minimum absolute atomic E-state index is 0.299. The summed E-state index contributed by atoms with van der Waals surface area (Å²) in [6.07, 6.45) is 0. The normalized spacial score (nSPS) is 11.0. The van der Waals surface area contributed by atoms with Gasteiger partial charge in [0.05, 0.1) is 17.1 Å². The molecule has 0 saturated carbocycles. The Morgan fingerprint density at radius 3 is 2.65 bits per heavy atom. The van der Waals surface area contributed by atoms with E-state index in [1.807, 2.05) is 44.2 Å². The van der Waals surface area contributed by atoms with Crippen molar-refractivity contribution in [3.8, 4) is 5.69 Å². The predicted molar refractivity (Wildman–Crippen MR) is 99.2 cm³/mol. The van der Waals surface area contributed by atoms with Gasteiger partial charge in [0.2, 0.25) is 0 Å². The number of para-hydroxylation sites is 2. The van der Waals surface area contributed by atoms with Crippen molar-refractivity contribution in [3.05, 3.63) is 77.5 Å². The van der Waals surface area contributed by atoms with Crippen LogP contribution in [0, 0.1) is 19.7 Å². The van der Waals surface area contributed by atoms with E-state index in [9.17, 15) is 9.18 Å². The summed E-state index contributed by atoms with van der Waals surface area (Å²) in [4.78, 5) is 15.6. The molecule has 2 heterocycles. The first-order valence-corrected chi connectivity index (χ1v) is 8.24. The van der Waals surface area contributed by atoms with Gasteiger partial charge < -0.3 is 10.3 Å². The number of benzene rings is 2. The van der Waals surface area contributed by atoms with Crippen molar-refractivity contribution >= 4 is 22.5 Å². The number of H-pyrrole nitrogens is 1. The second kappa shape index (κ2) is 6.15. The highest BCUT2D eigenvalue weighted by atomic mass is 19.1. The van der Waals surface area contributed by atoms with Gasteiger partial charge in [-0.15, -0.1) is 0 Å². The van der Waals surface area contributed by atoms with Crippen molar-refractivity contribution in [3.63, 3.8) is 0 Å². The Kier molecular flexibility index (Phi) is 3.80. The number of rotatable bonds is 3. The molecule has 1 amide bonds. The van der Waals surface area contributed by atoms with Crippen LogP contribution in [0.15, 0.2) is 54.6 Å². The van der Waals surface area contributed by atoms with E-state index in [0.717, 1.165) is 17.1 Å². The summed E-state index contributed by atoms with van der Waals surface area (Å²) in [6, 6.07) is 15.6. The van der Waals surface area contributed by atoms with Crippen LogP contribution in [0.4, 0.5) is 10.1 Å². The SMILES string of the molecule is Cc1cc(C)n(-c2ccccc2NC(=O)c2cc3c(F)cccc3[nH]2)n1. The van der Waals surface area contributed by atoms with Gasteiger partial charge >= 0.3 is 0 Å². The van der Waals surface area contributed by atoms with E-state index in [-0.39, 0.29) is 11.7 Å². The molecule has 0 unspecified atom stereocenters. The molecule has 0 aliphatic heterocycles. The Morgan fingerprint density at radius 2 is 1.92 bits per heavy atom. The average Bonchev–Trinajstić information content (AvgIpc) is 3.19. The van der Waals surface area contributed by atoms with E-state index < -0.39 is 0 Å². The molecular formula is C20H17FN4O. The van der Waals surface area contributed by atoms with E-state index in [1.54, 1.807) is 16.8 Å². The molecular weight excluding hydrogens is 331 g/mol. The highest BCUT2D eigenvalue weighted by Gasteiger charge is 2.15. The van der Waals surface area contributed by atoms with Crippen molar-refractivity contribution in [2.75, 3.05) is 5.32 Å². The van der Waals surface area contributed by atoms with Crippen molar-refractivity contribution in [1.82, 2.24) is 14.8 Å². The maximum absolute atomic E-state index is 13.9. The molecule has 130 valence electrons. The van der Waals surface area contributed by atoms with Crippen LogP contribution >= 0.6 is 0 Å². The highest BCUT2D eigenvalue weighted by molar-refractivity contribution is 6.06. The number of anilines is 1. The molecule has 26 heavy (non-hydrogen) atoms. The Balaban J connectivity index is 1.70. The Morgan fingerprint density at radius 1 is 1.12 bits per heavy atom. The molecule has 0 atom stereocenters. The summed E-state index contributed by atoms with van der Waals surface area (Å²) in [5.74, 6) is -0.699. The number of halogens is 1. The van der Waals surface area contributed by atoms with Crippen LogP contribution in [-0.4, -0.2) is 20.7 Å². The van der Waals surface area contributed by atoms with E-state index >= 15 is 0 Å². The molecule has 0 bridgehead atoms. The molecule has 0 aliphatic rings. The number of carbonyl (C=O) groups excluding carboxylic acids is 1. The first-order chi connectivity index (χ1) is 12.5. The Labute approximate surface area is 149 Å². The third-order valence-electron chi connectivity index (χ3n) is 4.25. The van der Waals surface area contributed by atoms with Crippen LogP contribution in [0.25, 0.3) is 16.6 Å². The second-order valence-corrected chi connectivity index (χ2v) is 6.19. The minimum Gasteiger partial charge on any atom is -0.350 e. The first kappa shape index (κ1) is 16.1. The highest BCUT2D eigenvalue weighted by Crippen LogP contribution is 2.23. The fourth-order valence-electron chi connectivity index (χ4n) is 3.07. The quantitative estimate of drug-likeness (QED) is 0.578. The molecule has 2 N–H and O–H groups in total. The van der Waals surface area contributed by atoms with Gasteiger partial charge in [-0.3, -0.25) is 4.79 Å². The number of nitrogens with one attached hydrogen (secondary N) is 2. The fraction of sp³-hybridized carbons (Fsp3) is 0.100. The van der Waals surface area contributed by atoms with Gasteiger partial charge in [0.15, 0.2) is 0 Å². The van der Waals surface area contributed by atoms with Crippen LogP contribution < -0.4 is 5.32 Å². The molecule has 5 nitrogen and oxygen atoms in total. The number of hydrogen-bond donors (Lipinski definition) is 2. The van der Waals surface area contributed by atoms with Crippen LogP contribution in [0.3, 0.4) is 0 Å². The molecule has 0 radical (unpaired) electrons. The summed E-state index contributed by atoms with van der Waals surface area (Å²) in [5.41, 5.74) is 4.15. The number of hydrogen-bond acceptors (Lipinski definition) is 2. The van der Waals surface area contributed by atoms with Crippen molar-refractivity contribution in [1.29, 1.82) is 0 Å². The van der Waals surface area contributed by atoms with Gasteiger partial charge in [-0.2, -0.15) is 5.10 Å². The van der Waals surface area contributed by atoms with Gasteiger partial charge in [-0.05, 0) is 50.2 Å². The van der Waals surface area contributed by atoms with Gasteiger partial charge in [-0.25, -0.2) is 9.07 Å². The Hall–Kier alpha value is -3.41. The number of aryl methyl sites for hydroxylation is 2. The largest absolute Gasteiger partial charge is 0.350 e. The fourth-order valence-corrected chi connectivity index (χ4v) is 3.07. The summed E-state index contributed by atoms with van der Waals surface area (Å²) < 4.78 is 15.6. The zero-order valence-corrected chi connectivity index (χ0v) is 14.4. The van der Waals surface area contributed by atoms with E-state index in [0.29, 0.717) is 22.3 Å². The monoisotopic (exact) mass is 348 g/mol. The van der Waals surface area contributed by atoms with Crippen molar-refractivity contribution in [2.45, 2.75) is 13.8 Å². The molecule has 4 aromatic rings. The molecule has 0 aliphatic carbocycles. The lowest BCUT2D eigenvalue weighted by atomic mass is 10.2. The molecule has 0 fully saturated rings. The van der Waals surface area contributed by atoms with Gasteiger partial charge in [0, 0.05) is 16.6 Å². The van der Waals surface area contributed by atoms with Crippen LogP contribution in [0.2, 0.25) is 0 Å². The average molecular weight is 348 g/mol. The van der Waals surface area contributed by atoms with Crippen LogP contribution in [-0.2, 0) is 0 Å². The molecule has 2 aromatic carbocycles. The molecule has 2 aromatic heterocycles. The standard InChI is InChI=1S/C20H17FN4O/c1-12-10-13(2)25(24-12)19-9-4-3-7-17(19)23-20(26)18-11-14-15(21)6-5-8-16(14)22-18/h3-11,22H,1-2H3,(H,23,26). The maximum Gasteiger partial charge on any atom is 0.272 e. The summed E-state index contributed by atoms with van der Waals surface area (Å²) in [6.45, 7) is 3.88. The number of aromatic amines is 1. The van der Waals surface area contributed by atoms with Crippen molar-refractivity contribution in [2.24, 2.45) is 0 Å². The zero-order valence-electron chi connectivity index (χ0n) is 14.4. The lowest BCUT2D eigenvalue weighted by Crippen LogP contribution is -2.14. The number of carbonyl (C=O) groups is 1. The van der Waals surface area contributed by atoms with E-state index in [2.05, 4.69) is 15.4 Å². The minimum atomic E-state index is -0.360. The zero-order chi connectivity index (χ0) is 18.3. The smallest absolute Gasteiger partial charge is 0.272 e. The summed E-state index contributed by atoms with van der Waals surface area (Å²) >= 11 is 0. The second-order valence-electron chi connectivity index (χ2n) is 6.19. The summed E-state index contributed by atoms with van der Waals surface area (Å²) in [7, 11) is 0. The van der Waals surface area contributed by atoms with Crippen LogP contribution in [0.5, 0.6) is 0 Å². The van der Waals surface area contributed by atoms with Gasteiger partial charge in [0.25, 0.3) is 5.91 Å². The lowest BCUT2D eigenvalue weighted by molar-refractivity contribution is 0.102. The topological polar surface area (TPSA) is 62.7 Å². The molecule has 6 heteroatoms. The maximum atomic E-state index is 13.9. The number of aromatic nitrogens is 3. The van der Waals surface area contributed by atoms with E-state index in [4.69, 9.17) is 0 Å². The first-order valence-electron chi connectivity index (χ1n) is 8.24. The number of amides is 1. The van der Waals surface area contributed by atoms with E-state index in [1.165, 1.54) is 12.1 Å². The van der Waals surface area contributed by atoms with Crippen LogP contribution in [0.1, 0.15) is 21.9 Å². The third kappa shape index (κ3) is 2.75.